The van der Waals surface area contributed by atoms with Crippen LogP contribution in [0.1, 0.15) is 30.6 Å². The Bertz CT molecular complexity index is 537. The summed E-state index contributed by atoms with van der Waals surface area (Å²) in [5.74, 6) is 0.637. The Kier molecular flexibility index (Phi) is 4.28. The van der Waals surface area contributed by atoms with Crippen LogP contribution < -0.4 is 0 Å². The third-order valence-corrected chi connectivity index (χ3v) is 3.88. The van der Waals surface area contributed by atoms with Crippen LogP contribution in [0.15, 0.2) is 18.2 Å². The molecule has 1 aromatic rings. The minimum Gasteiger partial charge on any atom is -0.338 e. The van der Waals surface area contributed by atoms with Crippen LogP contribution >= 0.6 is 11.6 Å². The van der Waals surface area contributed by atoms with Gasteiger partial charge in [-0.2, -0.15) is 0 Å². The first-order chi connectivity index (χ1) is 9.38. The number of piperidine rings is 1. The second-order valence-corrected chi connectivity index (χ2v) is 5.98. The van der Waals surface area contributed by atoms with E-state index in [1.165, 1.54) is 18.2 Å². The molecule has 0 unspecified atom stereocenters. The molecule has 1 aromatic carbocycles. The van der Waals surface area contributed by atoms with Crippen molar-refractivity contribution in [2.75, 3.05) is 13.1 Å². The zero-order valence-corrected chi connectivity index (χ0v) is 12.3. The lowest BCUT2D eigenvalue weighted by Crippen LogP contribution is -2.42. The molecule has 1 heterocycles. The quantitative estimate of drug-likeness (QED) is 0.621. The lowest BCUT2D eigenvalue weighted by Gasteiger charge is -2.35. The molecule has 6 heteroatoms. The monoisotopic (exact) mass is 296 g/mol. The lowest BCUT2D eigenvalue weighted by atomic mass is 9.91. The Balaban J connectivity index is 2.28. The van der Waals surface area contributed by atoms with Crippen molar-refractivity contribution in [3.8, 4) is 0 Å². The van der Waals surface area contributed by atoms with E-state index in [2.05, 4.69) is 13.8 Å². The highest BCUT2D eigenvalue weighted by atomic mass is 35.5. The summed E-state index contributed by atoms with van der Waals surface area (Å²) in [6.07, 6.45) is 1.09. The second-order valence-electron chi connectivity index (χ2n) is 5.58. The average molecular weight is 297 g/mol. The topological polar surface area (TPSA) is 63.5 Å². The number of non-ortho nitro benzene ring substituents is 1. The summed E-state index contributed by atoms with van der Waals surface area (Å²) in [6.45, 7) is 5.54. The van der Waals surface area contributed by atoms with Gasteiger partial charge >= 0.3 is 0 Å². The predicted molar refractivity (Wildman–Crippen MR) is 77.0 cm³/mol. The van der Waals surface area contributed by atoms with Gasteiger partial charge in [-0.3, -0.25) is 14.9 Å². The first-order valence-corrected chi connectivity index (χ1v) is 6.99. The molecule has 20 heavy (non-hydrogen) atoms. The highest BCUT2D eigenvalue weighted by molar-refractivity contribution is 6.33. The standard InChI is InChI=1S/C14H17ClN2O3/c1-9-5-10(2)8-16(7-9)14(18)12-6-11(17(19)20)3-4-13(12)15/h3-4,6,9-10H,5,7-8H2,1-2H3/t9-,10-/m1/s1. The van der Waals surface area contributed by atoms with Crippen molar-refractivity contribution in [2.24, 2.45) is 11.8 Å². The van der Waals surface area contributed by atoms with Crippen LogP contribution in [0.2, 0.25) is 5.02 Å². The molecule has 0 aromatic heterocycles. The second kappa shape index (κ2) is 5.79. The molecule has 1 saturated heterocycles. The van der Waals surface area contributed by atoms with Gasteiger partial charge in [-0.25, -0.2) is 0 Å². The van der Waals surface area contributed by atoms with E-state index < -0.39 is 4.92 Å². The maximum atomic E-state index is 12.5. The van der Waals surface area contributed by atoms with Crippen LogP contribution in [-0.4, -0.2) is 28.8 Å². The molecular weight excluding hydrogens is 280 g/mol. The van der Waals surface area contributed by atoms with Crippen LogP contribution in [-0.2, 0) is 0 Å². The number of halogens is 1. The van der Waals surface area contributed by atoms with E-state index in [1.54, 1.807) is 4.90 Å². The molecule has 0 N–H and O–H groups in total. The van der Waals surface area contributed by atoms with E-state index in [4.69, 9.17) is 11.6 Å². The molecule has 5 nitrogen and oxygen atoms in total. The Labute approximate surface area is 122 Å². The molecule has 1 aliphatic rings. The molecule has 0 bridgehead atoms. The molecule has 0 aliphatic carbocycles. The normalized spacial score (nSPS) is 22.6. The SMILES string of the molecule is C[C@@H]1C[C@@H](C)CN(C(=O)c2cc([N+](=O)[O-])ccc2Cl)C1. The Morgan fingerprint density at radius 1 is 1.35 bits per heavy atom. The Hall–Kier alpha value is -1.62. The molecule has 2 atom stereocenters. The van der Waals surface area contributed by atoms with Crippen molar-refractivity contribution in [1.82, 2.24) is 4.90 Å². The van der Waals surface area contributed by atoms with E-state index in [1.807, 2.05) is 0 Å². The number of amides is 1. The van der Waals surface area contributed by atoms with Crippen molar-refractivity contribution in [3.63, 3.8) is 0 Å². The fraction of sp³-hybridized carbons (Fsp3) is 0.500. The maximum absolute atomic E-state index is 12.5. The van der Waals surface area contributed by atoms with E-state index in [9.17, 15) is 14.9 Å². The van der Waals surface area contributed by atoms with E-state index in [0.29, 0.717) is 24.9 Å². The molecule has 1 amide bonds. The van der Waals surface area contributed by atoms with Gasteiger partial charge in [0.25, 0.3) is 11.6 Å². The third kappa shape index (κ3) is 3.10. The van der Waals surface area contributed by atoms with Crippen molar-refractivity contribution in [1.29, 1.82) is 0 Å². The summed E-state index contributed by atoms with van der Waals surface area (Å²) in [5, 5.41) is 11.1. The minimum absolute atomic E-state index is 0.115. The molecule has 0 spiro atoms. The zero-order chi connectivity index (χ0) is 14.9. The minimum atomic E-state index is -0.519. The van der Waals surface area contributed by atoms with Crippen LogP contribution in [0.4, 0.5) is 5.69 Å². The zero-order valence-electron chi connectivity index (χ0n) is 11.5. The van der Waals surface area contributed by atoms with Gasteiger partial charge in [0, 0.05) is 25.2 Å². The number of carbonyl (C=O) groups excluding carboxylic acids is 1. The number of rotatable bonds is 2. The van der Waals surface area contributed by atoms with Gasteiger partial charge in [0.1, 0.15) is 0 Å². The number of carbonyl (C=O) groups is 1. The van der Waals surface area contributed by atoms with Crippen LogP contribution in [0.3, 0.4) is 0 Å². The van der Waals surface area contributed by atoms with Crippen LogP contribution in [0, 0.1) is 22.0 Å². The fourth-order valence-corrected chi connectivity index (χ4v) is 2.99. The largest absolute Gasteiger partial charge is 0.338 e. The molecule has 0 radical (unpaired) electrons. The highest BCUT2D eigenvalue weighted by Crippen LogP contribution is 2.27. The number of nitro groups is 1. The molecule has 108 valence electrons. The highest BCUT2D eigenvalue weighted by Gasteiger charge is 2.28. The van der Waals surface area contributed by atoms with Gasteiger partial charge in [-0.15, -0.1) is 0 Å². The van der Waals surface area contributed by atoms with Gasteiger partial charge in [0.15, 0.2) is 0 Å². The molecule has 2 rings (SSSR count). The number of likely N-dealkylation sites (tertiary alicyclic amines) is 1. The maximum Gasteiger partial charge on any atom is 0.270 e. The van der Waals surface area contributed by atoms with Crippen molar-refractivity contribution >= 4 is 23.2 Å². The predicted octanol–water partition coefficient (Wildman–Crippen LogP) is 3.37. The smallest absolute Gasteiger partial charge is 0.270 e. The Morgan fingerprint density at radius 3 is 2.50 bits per heavy atom. The first kappa shape index (κ1) is 14.8. The average Bonchev–Trinajstić information content (AvgIpc) is 2.37. The van der Waals surface area contributed by atoms with Crippen LogP contribution in [0.5, 0.6) is 0 Å². The van der Waals surface area contributed by atoms with Crippen molar-refractivity contribution in [3.05, 3.63) is 38.9 Å². The summed E-state index contributed by atoms with van der Waals surface area (Å²) in [5.41, 5.74) is 0.0954. The van der Waals surface area contributed by atoms with E-state index >= 15 is 0 Å². The number of hydrogen-bond acceptors (Lipinski definition) is 3. The van der Waals surface area contributed by atoms with Crippen molar-refractivity contribution < 1.29 is 9.72 Å². The van der Waals surface area contributed by atoms with E-state index in [0.717, 1.165) is 6.42 Å². The number of nitrogens with zero attached hydrogens (tertiary/aromatic N) is 2. The summed E-state index contributed by atoms with van der Waals surface area (Å²) in [4.78, 5) is 24.5. The summed E-state index contributed by atoms with van der Waals surface area (Å²) in [6, 6.07) is 3.97. The van der Waals surface area contributed by atoms with Gasteiger partial charge in [0.2, 0.25) is 0 Å². The third-order valence-electron chi connectivity index (χ3n) is 3.55. The number of nitro benzene ring substituents is 1. The summed E-state index contributed by atoms with van der Waals surface area (Å²) < 4.78 is 0. The summed E-state index contributed by atoms with van der Waals surface area (Å²) >= 11 is 6.02. The van der Waals surface area contributed by atoms with Crippen molar-refractivity contribution in [2.45, 2.75) is 20.3 Å². The Morgan fingerprint density at radius 2 is 1.95 bits per heavy atom. The molecule has 1 aliphatic heterocycles. The van der Waals surface area contributed by atoms with E-state index in [-0.39, 0.29) is 22.2 Å². The van der Waals surface area contributed by atoms with Gasteiger partial charge in [-0.05, 0) is 24.3 Å². The molecule has 1 fully saturated rings. The lowest BCUT2D eigenvalue weighted by molar-refractivity contribution is -0.384. The fourth-order valence-electron chi connectivity index (χ4n) is 2.79. The van der Waals surface area contributed by atoms with Gasteiger partial charge in [-0.1, -0.05) is 25.4 Å². The summed E-state index contributed by atoms with van der Waals surface area (Å²) in [7, 11) is 0. The molecule has 0 saturated carbocycles. The number of hydrogen-bond donors (Lipinski definition) is 0. The first-order valence-electron chi connectivity index (χ1n) is 6.61. The number of benzene rings is 1. The van der Waals surface area contributed by atoms with Gasteiger partial charge < -0.3 is 4.90 Å². The molecular formula is C14H17ClN2O3. The van der Waals surface area contributed by atoms with Gasteiger partial charge in [0.05, 0.1) is 15.5 Å². The van der Waals surface area contributed by atoms with Crippen LogP contribution in [0.25, 0.3) is 0 Å².